The van der Waals surface area contributed by atoms with Gasteiger partial charge in [-0.3, -0.25) is 0 Å². The van der Waals surface area contributed by atoms with Crippen LogP contribution in [0.4, 0.5) is 11.4 Å². The van der Waals surface area contributed by atoms with Crippen molar-refractivity contribution in [2.45, 2.75) is 39.1 Å². The second-order valence-corrected chi connectivity index (χ2v) is 8.69. The third kappa shape index (κ3) is 4.67. The Morgan fingerprint density at radius 2 is 1.48 bits per heavy atom. The zero-order valence-corrected chi connectivity index (χ0v) is 17.7. The largest absolute Gasteiger partial charge is 0.379 e. The maximum absolute atomic E-state index is 5.03. The number of para-hydroxylation sites is 1. The number of benzene rings is 3. The number of hydrogen-bond acceptors (Lipinski definition) is 2. The topological polar surface area (TPSA) is 24.4 Å². The molecule has 0 fully saturated rings. The van der Waals surface area contributed by atoms with Crippen LogP contribution in [0.1, 0.15) is 27.8 Å². The highest BCUT2D eigenvalue weighted by Crippen LogP contribution is 2.31. The Morgan fingerprint density at radius 3 is 2.15 bits per heavy atom. The van der Waals surface area contributed by atoms with Crippen LogP contribution in [0.15, 0.2) is 69.9 Å². The lowest BCUT2D eigenvalue weighted by atomic mass is 9.99. The van der Waals surface area contributed by atoms with Gasteiger partial charge in [0, 0.05) is 11.4 Å². The molecule has 27 heavy (non-hydrogen) atoms. The highest BCUT2D eigenvalue weighted by molar-refractivity contribution is 7.86. The summed E-state index contributed by atoms with van der Waals surface area (Å²) in [5.74, 6) is 0. The van der Waals surface area contributed by atoms with Crippen molar-refractivity contribution in [2.24, 2.45) is 4.36 Å². The number of rotatable bonds is 5. The standard InChI is InChI=1S/C24H28N2S/c1-17-14-19(3)22(20(4)15-17)16-25-24-18(2)10-9-13-23(24)26-27(5)21-11-7-6-8-12-21/h6-15,25H,16H2,1-5H3. The lowest BCUT2D eigenvalue weighted by Gasteiger charge is -2.16. The zero-order valence-electron chi connectivity index (χ0n) is 16.8. The van der Waals surface area contributed by atoms with E-state index >= 15 is 0 Å². The van der Waals surface area contributed by atoms with Crippen LogP contribution in [0.25, 0.3) is 0 Å². The molecular weight excluding hydrogens is 348 g/mol. The smallest absolute Gasteiger partial charge is 0.0941 e. The molecule has 0 heterocycles. The van der Waals surface area contributed by atoms with Crippen LogP contribution in [0.2, 0.25) is 0 Å². The Bertz CT molecular complexity index is 952. The summed E-state index contributed by atoms with van der Waals surface area (Å²) in [7, 11) is -0.178. The van der Waals surface area contributed by atoms with Gasteiger partial charge in [-0.05, 0) is 74.4 Å². The number of anilines is 1. The fourth-order valence-corrected chi connectivity index (χ4v) is 4.55. The molecule has 0 aliphatic carbocycles. The van der Waals surface area contributed by atoms with E-state index in [0.717, 1.165) is 17.9 Å². The maximum Gasteiger partial charge on any atom is 0.0941 e. The molecule has 3 heteroatoms. The molecule has 0 saturated carbocycles. The van der Waals surface area contributed by atoms with Crippen LogP contribution in [0.3, 0.4) is 0 Å². The normalized spacial score (nSPS) is 12.2. The minimum absolute atomic E-state index is 0.178. The molecule has 3 aromatic carbocycles. The summed E-state index contributed by atoms with van der Waals surface area (Å²) in [4.78, 5) is 1.26. The third-order valence-electron chi connectivity index (χ3n) is 4.85. The fraction of sp³-hybridized carbons (Fsp3) is 0.250. The van der Waals surface area contributed by atoms with E-state index in [9.17, 15) is 0 Å². The summed E-state index contributed by atoms with van der Waals surface area (Å²) in [6.07, 6.45) is 2.18. The van der Waals surface area contributed by atoms with Crippen molar-refractivity contribution in [3.63, 3.8) is 0 Å². The van der Waals surface area contributed by atoms with Gasteiger partial charge in [0.15, 0.2) is 0 Å². The van der Waals surface area contributed by atoms with E-state index < -0.39 is 0 Å². The molecule has 0 amide bonds. The van der Waals surface area contributed by atoms with Crippen molar-refractivity contribution < 1.29 is 0 Å². The van der Waals surface area contributed by atoms with Crippen molar-refractivity contribution in [1.29, 1.82) is 0 Å². The summed E-state index contributed by atoms with van der Waals surface area (Å²) < 4.78 is 5.03. The minimum atomic E-state index is -0.178. The SMILES string of the molecule is Cc1cc(C)c(CNc2c(C)cccc2N=S(C)c2ccccc2)c(C)c1. The molecule has 0 aromatic heterocycles. The quantitative estimate of drug-likeness (QED) is 0.529. The summed E-state index contributed by atoms with van der Waals surface area (Å²) in [6, 6.07) is 21.3. The number of hydrogen-bond donors (Lipinski definition) is 1. The summed E-state index contributed by atoms with van der Waals surface area (Å²) in [5, 5.41) is 3.67. The molecule has 1 unspecified atom stereocenters. The predicted molar refractivity (Wildman–Crippen MR) is 119 cm³/mol. The van der Waals surface area contributed by atoms with Gasteiger partial charge in [0.2, 0.25) is 0 Å². The van der Waals surface area contributed by atoms with Gasteiger partial charge in [-0.1, -0.05) is 58.7 Å². The predicted octanol–water partition coefficient (Wildman–Crippen LogP) is 6.65. The van der Waals surface area contributed by atoms with Gasteiger partial charge in [-0.25, -0.2) is 4.36 Å². The van der Waals surface area contributed by atoms with Gasteiger partial charge >= 0.3 is 0 Å². The average molecular weight is 377 g/mol. The molecule has 0 bridgehead atoms. The van der Waals surface area contributed by atoms with Gasteiger partial charge in [-0.2, -0.15) is 0 Å². The molecule has 3 aromatic rings. The van der Waals surface area contributed by atoms with Crippen molar-refractivity contribution in [2.75, 3.05) is 11.6 Å². The van der Waals surface area contributed by atoms with Crippen LogP contribution in [0, 0.1) is 27.7 Å². The summed E-state index contributed by atoms with van der Waals surface area (Å²) in [5.41, 5.74) is 8.76. The summed E-state index contributed by atoms with van der Waals surface area (Å²) in [6.45, 7) is 9.50. The first-order valence-electron chi connectivity index (χ1n) is 9.29. The van der Waals surface area contributed by atoms with Crippen molar-refractivity contribution in [1.82, 2.24) is 0 Å². The molecule has 2 nitrogen and oxygen atoms in total. The molecule has 0 spiro atoms. The van der Waals surface area contributed by atoms with Crippen molar-refractivity contribution >= 4 is 22.1 Å². The number of aryl methyl sites for hydroxylation is 4. The Hall–Kier alpha value is -2.39. The van der Waals surface area contributed by atoms with E-state index in [4.69, 9.17) is 4.36 Å². The summed E-state index contributed by atoms with van der Waals surface area (Å²) >= 11 is 0. The van der Waals surface area contributed by atoms with Crippen LogP contribution in [0.5, 0.6) is 0 Å². The van der Waals surface area contributed by atoms with Gasteiger partial charge in [0.05, 0.1) is 11.4 Å². The van der Waals surface area contributed by atoms with Crippen LogP contribution in [-0.4, -0.2) is 6.26 Å². The number of nitrogens with zero attached hydrogens (tertiary/aromatic N) is 1. The third-order valence-corrected chi connectivity index (χ3v) is 6.28. The molecule has 0 aliphatic heterocycles. The molecule has 1 N–H and O–H groups in total. The highest BCUT2D eigenvalue weighted by atomic mass is 32.2. The number of nitrogens with one attached hydrogen (secondary N) is 1. The Morgan fingerprint density at radius 1 is 0.815 bits per heavy atom. The van der Waals surface area contributed by atoms with Crippen LogP contribution in [-0.2, 0) is 17.2 Å². The first kappa shape index (κ1) is 19.4. The van der Waals surface area contributed by atoms with Gasteiger partial charge in [0.1, 0.15) is 0 Å². The lowest BCUT2D eigenvalue weighted by molar-refractivity contribution is 1.08. The molecule has 0 saturated heterocycles. The molecule has 140 valence electrons. The van der Waals surface area contributed by atoms with Gasteiger partial charge in [-0.15, -0.1) is 0 Å². The van der Waals surface area contributed by atoms with E-state index in [0.29, 0.717) is 0 Å². The van der Waals surface area contributed by atoms with Gasteiger partial charge in [0.25, 0.3) is 0 Å². The van der Waals surface area contributed by atoms with Crippen LogP contribution >= 0.6 is 0 Å². The Balaban J connectivity index is 1.91. The fourth-order valence-electron chi connectivity index (χ4n) is 3.44. The maximum atomic E-state index is 5.03. The van der Waals surface area contributed by atoms with E-state index in [1.54, 1.807) is 0 Å². The monoisotopic (exact) mass is 376 g/mol. The first-order valence-corrected chi connectivity index (χ1v) is 10.9. The van der Waals surface area contributed by atoms with E-state index in [1.807, 2.05) is 6.07 Å². The van der Waals surface area contributed by atoms with Gasteiger partial charge < -0.3 is 5.32 Å². The first-order chi connectivity index (χ1) is 13.0. The second-order valence-electron chi connectivity index (χ2n) is 7.08. The second kappa shape index (κ2) is 8.53. The zero-order chi connectivity index (χ0) is 19.4. The Labute approximate surface area is 165 Å². The Kier molecular flexibility index (Phi) is 6.12. The molecule has 0 aliphatic rings. The van der Waals surface area contributed by atoms with E-state index in [1.165, 1.54) is 32.7 Å². The van der Waals surface area contributed by atoms with Crippen molar-refractivity contribution in [3.8, 4) is 0 Å². The molecule has 1 atom stereocenters. The molecular formula is C24H28N2S. The highest BCUT2D eigenvalue weighted by Gasteiger charge is 2.09. The average Bonchev–Trinajstić information content (AvgIpc) is 2.63. The van der Waals surface area contributed by atoms with Crippen molar-refractivity contribution in [3.05, 3.63) is 88.5 Å². The lowest BCUT2D eigenvalue weighted by Crippen LogP contribution is -2.05. The van der Waals surface area contributed by atoms with E-state index in [2.05, 4.69) is 93.9 Å². The minimum Gasteiger partial charge on any atom is -0.379 e. The molecule has 0 radical (unpaired) electrons. The van der Waals surface area contributed by atoms with Crippen LogP contribution < -0.4 is 5.32 Å². The van der Waals surface area contributed by atoms with E-state index in [-0.39, 0.29) is 10.7 Å². The molecule has 3 rings (SSSR count).